The largest absolute Gasteiger partial charge is 0.377 e. The average Bonchev–Trinajstić information content (AvgIpc) is 2.90. The van der Waals surface area contributed by atoms with Crippen molar-refractivity contribution in [2.45, 2.75) is 57.1 Å². The zero-order valence-electron chi connectivity index (χ0n) is 12.0. The molecule has 0 bridgehead atoms. The Bertz CT molecular complexity index is 443. The maximum Gasteiger partial charge on any atom is 0.126 e. The van der Waals surface area contributed by atoms with Crippen molar-refractivity contribution >= 4 is 0 Å². The summed E-state index contributed by atoms with van der Waals surface area (Å²) in [5.41, 5.74) is 2.04. The summed E-state index contributed by atoms with van der Waals surface area (Å²) in [6.07, 6.45) is 8.75. The highest BCUT2D eigenvalue weighted by atomic mass is 19.1. The van der Waals surface area contributed by atoms with Crippen molar-refractivity contribution in [2.75, 3.05) is 13.2 Å². The summed E-state index contributed by atoms with van der Waals surface area (Å²) in [6, 6.07) is 5.72. The van der Waals surface area contributed by atoms with Crippen LogP contribution in [0.15, 0.2) is 18.2 Å². The second-order valence-electron chi connectivity index (χ2n) is 5.98. The molecule has 2 nitrogen and oxygen atoms in total. The highest BCUT2D eigenvalue weighted by molar-refractivity contribution is 5.35. The quantitative estimate of drug-likeness (QED) is 0.828. The lowest BCUT2D eigenvalue weighted by molar-refractivity contribution is 0.0294. The van der Waals surface area contributed by atoms with Crippen LogP contribution < -0.4 is 5.32 Å². The molecule has 110 valence electrons. The zero-order chi connectivity index (χ0) is 13.8. The summed E-state index contributed by atoms with van der Waals surface area (Å²) in [5, 5.41) is 3.51. The Morgan fingerprint density at radius 1 is 1.15 bits per heavy atom. The van der Waals surface area contributed by atoms with Crippen molar-refractivity contribution in [3.63, 3.8) is 0 Å². The number of fused-ring (bicyclic) bond motifs is 1. The zero-order valence-corrected chi connectivity index (χ0v) is 12.0. The number of ether oxygens (including phenoxy) is 1. The normalized spacial score (nSPS) is 22.9. The van der Waals surface area contributed by atoms with Gasteiger partial charge >= 0.3 is 0 Å². The molecular weight excluding hydrogens is 253 g/mol. The fourth-order valence-electron chi connectivity index (χ4n) is 3.51. The maximum atomic E-state index is 13.6. The van der Waals surface area contributed by atoms with Gasteiger partial charge in [0.05, 0.1) is 12.7 Å². The third-order valence-electron chi connectivity index (χ3n) is 4.61. The van der Waals surface area contributed by atoms with Gasteiger partial charge in [-0.05, 0) is 42.9 Å². The molecule has 1 atom stereocenters. The number of halogens is 1. The minimum absolute atomic E-state index is 0.0507. The molecule has 0 saturated heterocycles. The molecular formula is C17H24FNO. The molecule has 1 aromatic rings. The van der Waals surface area contributed by atoms with Crippen molar-refractivity contribution in [1.82, 2.24) is 5.32 Å². The van der Waals surface area contributed by atoms with E-state index >= 15 is 0 Å². The van der Waals surface area contributed by atoms with Crippen LogP contribution in [0.5, 0.6) is 0 Å². The van der Waals surface area contributed by atoms with Gasteiger partial charge in [0.2, 0.25) is 0 Å². The highest BCUT2D eigenvalue weighted by Gasteiger charge is 2.24. The minimum atomic E-state index is -0.0507. The monoisotopic (exact) mass is 277 g/mol. The lowest BCUT2D eigenvalue weighted by Gasteiger charge is -2.22. The Balaban J connectivity index is 1.43. The van der Waals surface area contributed by atoms with Crippen LogP contribution >= 0.6 is 0 Å². The Morgan fingerprint density at radius 2 is 2.00 bits per heavy atom. The van der Waals surface area contributed by atoms with Crippen LogP contribution in [0.3, 0.4) is 0 Å². The minimum Gasteiger partial charge on any atom is -0.377 e. The average molecular weight is 277 g/mol. The molecule has 20 heavy (non-hydrogen) atoms. The molecule has 0 spiro atoms. The van der Waals surface area contributed by atoms with Gasteiger partial charge in [-0.3, -0.25) is 0 Å². The topological polar surface area (TPSA) is 21.3 Å². The number of nitrogens with one attached hydrogen (secondary N) is 1. The van der Waals surface area contributed by atoms with Gasteiger partial charge in [0.25, 0.3) is 0 Å². The molecule has 0 radical (unpaired) electrons. The lowest BCUT2D eigenvalue weighted by atomic mass is 9.98. The fourth-order valence-corrected chi connectivity index (χ4v) is 3.51. The van der Waals surface area contributed by atoms with Crippen LogP contribution in [-0.4, -0.2) is 19.3 Å². The van der Waals surface area contributed by atoms with Gasteiger partial charge in [0.15, 0.2) is 0 Å². The first-order chi connectivity index (χ1) is 9.84. The second kappa shape index (κ2) is 6.68. The van der Waals surface area contributed by atoms with E-state index in [4.69, 9.17) is 4.74 Å². The molecule has 1 saturated carbocycles. The number of hydrogen-bond donors (Lipinski definition) is 1. The van der Waals surface area contributed by atoms with E-state index in [0.29, 0.717) is 12.1 Å². The van der Waals surface area contributed by atoms with Gasteiger partial charge in [0, 0.05) is 12.6 Å². The van der Waals surface area contributed by atoms with Gasteiger partial charge < -0.3 is 10.1 Å². The Morgan fingerprint density at radius 3 is 2.85 bits per heavy atom. The Kier molecular flexibility index (Phi) is 4.69. The van der Waals surface area contributed by atoms with Gasteiger partial charge in [-0.25, -0.2) is 4.39 Å². The molecule has 0 heterocycles. The molecule has 2 aliphatic rings. The van der Waals surface area contributed by atoms with E-state index in [1.165, 1.54) is 32.1 Å². The first-order valence-electron chi connectivity index (χ1n) is 7.97. The summed E-state index contributed by atoms with van der Waals surface area (Å²) in [5.74, 6) is -0.0507. The molecule has 3 rings (SSSR count). The van der Waals surface area contributed by atoms with Crippen molar-refractivity contribution in [3.05, 3.63) is 35.1 Å². The van der Waals surface area contributed by atoms with Crippen LogP contribution in [0.4, 0.5) is 4.39 Å². The van der Waals surface area contributed by atoms with Crippen molar-refractivity contribution in [1.29, 1.82) is 0 Å². The second-order valence-corrected chi connectivity index (χ2v) is 5.98. The van der Waals surface area contributed by atoms with Crippen molar-refractivity contribution < 1.29 is 9.13 Å². The summed E-state index contributed by atoms with van der Waals surface area (Å²) in [4.78, 5) is 0. The third-order valence-corrected chi connectivity index (χ3v) is 4.61. The molecule has 0 aromatic heterocycles. The van der Waals surface area contributed by atoms with Gasteiger partial charge in [-0.1, -0.05) is 31.4 Å². The molecule has 1 N–H and O–H groups in total. The summed E-state index contributed by atoms with van der Waals surface area (Å²) in [7, 11) is 0. The van der Waals surface area contributed by atoms with E-state index in [0.717, 1.165) is 37.1 Å². The highest BCUT2D eigenvalue weighted by Crippen LogP contribution is 2.32. The first-order valence-corrected chi connectivity index (χ1v) is 7.97. The van der Waals surface area contributed by atoms with Gasteiger partial charge in [-0.15, -0.1) is 0 Å². The Hall–Kier alpha value is -0.930. The van der Waals surface area contributed by atoms with Gasteiger partial charge in [0.1, 0.15) is 5.82 Å². The fraction of sp³-hybridized carbons (Fsp3) is 0.647. The van der Waals surface area contributed by atoms with E-state index < -0.39 is 0 Å². The standard InChI is InChI=1S/C17H24FNO/c18-16-8-4-7-15-14(16)9-10-17(15)19-11-12-20-13-5-2-1-3-6-13/h4,7-8,13,17,19H,1-3,5-6,9-12H2. The van der Waals surface area contributed by atoms with E-state index in [2.05, 4.69) is 5.32 Å². The Labute approximate surface area is 120 Å². The molecule has 1 fully saturated rings. The summed E-state index contributed by atoms with van der Waals surface area (Å²) >= 11 is 0. The van der Waals surface area contributed by atoms with Crippen molar-refractivity contribution in [2.24, 2.45) is 0 Å². The van der Waals surface area contributed by atoms with E-state index in [9.17, 15) is 4.39 Å². The maximum absolute atomic E-state index is 13.6. The number of rotatable bonds is 5. The van der Waals surface area contributed by atoms with E-state index in [-0.39, 0.29) is 5.82 Å². The van der Waals surface area contributed by atoms with Crippen LogP contribution in [0, 0.1) is 5.82 Å². The predicted octanol–water partition coefficient (Wildman–Crippen LogP) is 3.75. The molecule has 1 aromatic carbocycles. The van der Waals surface area contributed by atoms with E-state index in [1.54, 1.807) is 6.07 Å². The smallest absolute Gasteiger partial charge is 0.126 e. The van der Waals surface area contributed by atoms with Crippen molar-refractivity contribution in [3.8, 4) is 0 Å². The van der Waals surface area contributed by atoms with Crippen LogP contribution in [0.2, 0.25) is 0 Å². The molecule has 0 aliphatic heterocycles. The van der Waals surface area contributed by atoms with Gasteiger partial charge in [-0.2, -0.15) is 0 Å². The predicted molar refractivity (Wildman–Crippen MR) is 78.3 cm³/mol. The number of benzene rings is 1. The molecule has 3 heteroatoms. The number of hydrogen-bond acceptors (Lipinski definition) is 2. The lowest BCUT2D eigenvalue weighted by Crippen LogP contribution is -2.26. The third kappa shape index (κ3) is 3.21. The van der Waals surface area contributed by atoms with Crippen LogP contribution in [0.25, 0.3) is 0 Å². The summed E-state index contributed by atoms with van der Waals surface area (Å²) < 4.78 is 19.6. The molecule has 1 unspecified atom stereocenters. The van der Waals surface area contributed by atoms with Crippen LogP contribution in [-0.2, 0) is 11.2 Å². The molecule has 0 amide bonds. The van der Waals surface area contributed by atoms with Crippen LogP contribution in [0.1, 0.15) is 55.7 Å². The SMILES string of the molecule is Fc1cccc2c1CCC2NCCOC1CCCCC1. The first kappa shape index (κ1) is 14.0. The summed E-state index contributed by atoms with van der Waals surface area (Å²) in [6.45, 7) is 1.63. The van der Waals surface area contributed by atoms with E-state index in [1.807, 2.05) is 12.1 Å². The molecule has 2 aliphatic carbocycles.